The van der Waals surface area contributed by atoms with Gasteiger partial charge in [0.05, 0.1) is 5.56 Å². The molecule has 0 fully saturated rings. The first-order valence-electron chi connectivity index (χ1n) is 3.75. The summed E-state index contributed by atoms with van der Waals surface area (Å²) in [5.74, 6) is 0. The van der Waals surface area contributed by atoms with E-state index in [9.17, 15) is 4.79 Å². The standard InChI is InChI=1S/C10H8NO/c1-11-6-8(7-12)9-4-2-3-5-10(9)11/h2-6H,1H3. The van der Waals surface area contributed by atoms with Crippen LogP contribution < -0.4 is 0 Å². The topological polar surface area (TPSA) is 22.0 Å². The average molecular weight is 158 g/mol. The third-order valence-electron chi connectivity index (χ3n) is 2.01. The van der Waals surface area contributed by atoms with E-state index in [1.807, 2.05) is 42.2 Å². The highest BCUT2D eigenvalue weighted by molar-refractivity contribution is 5.97. The number of aromatic nitrogens is 1. The zero-order valence-electron chi connectivity index (χ0n) is 6.74. The van der Waals surface area contributed by atoms with E-state index >= 15 is 0 Å². The molecular weight excluding hydrogens is 150 g/mol. The lowest BCUT2D eigenvalue weighted by atomic mass is 10.2. The van der Waals surface area contributed by atoms with Gasteiger partial charge in [-0.15, -0.1) is 0 Å². The van der Waals surface area contributed by atoms with Crippen molar-refractivity contribution in [2.45, 2.75) is 0 Å². The van der Waals surface area contributed by atoms with Crippen molar-refractivity contribution in [3.63, 3.8) is 0 Å². The van der Waals surface area contributed by atoms with Crippen molar-refractivity contribution in [2.24, 2.45) is 7.05 Å². The van der Waals surface area contributed by atoms with Gasteiger partial charge in [0.1, 0.15) is 0 Å². The van der Waals surface area contributed by atoms with E-state index < -0.39 is 0 Å². The molecule has 2 aromatic rings. The molecule has 0 saturated heterocycles. The quantitative estimate of drug-likeness (QED) is 0.618. The highest BCUT2D eigenvalue weighted by Crippen LogP contribution is 2.17. The molecule has 0 bridgehead atoms. The zero-order chi connectivity index (χ0) is 8.55. The van der Waals surface area contributed by atoms with Crippen LogP contribution in [0.15, 0.2) is 30.5 Å². The molecule has 0 spiro atoms. The monoisotopic (exact) mass is 158 g/mol. The Balaban J connectivity index is 2.91. The summed E-state index contributed by atoms with van der Waals surface area (Å²) in [6.07, 6.45) is 3.71. The fraction of sp³-hybridized carbons (Fsp3) is 0.100. The van der Waals surface area contributed by atoms with Crippen LogP contribution in [0.25, 0.3) is 10.9 Å². The van der Waals surface area contributed by atoms with Gasteiger partial charge in [-0.1, -0.05) is 18.2 Å². The minimum Gasteiger partial charge on any atom is -0.350 e. The summed E-state index contributed by atoms with van der Waals surface area (Å²) in [6.45, 7) is 0. The Labute approximate surface area is 70.4 Å². The van der Waals surface area contributed by atoms with Crippen LogP contribution >= 0.6 is 0 Å². The smallest absolute Gasteiger partial charge is 0.235 e. The highest BCUT2D eigenvalue weighted by atomic mass is 16.1. The molecule has 2 rings (SSSR count). The summed E-state index contributed by atoms with van der Waals surface area (Å²) in [4.78, 5) is 10.5. The minimum atomic E-state index is 0.633. The molecule has 2 nitrogen and oxygen atoms in total. The van der Waals surface area contributed by atoms with Crippen molar-refractivity contribution in [3.8, 4) is 0 Å². The highest BCUT2D eigenvalue weighted by Gasteiger charge is 2.03. The summed E-state index contributed by atoms with van der Waals surface area (Å²) in [7, 11) is 1.92. The second kappa shape index (κ2) is 2.48. The molecular formula is C10H8NO. The Hall–Kier alpha value is -1.57. The molecule has 2 heteroatoms. The number of benzene rings is 1. The number of carbonyl (C=O) groups excluding carboxylic acids is 1. The summed E-state index contributed by atoms with van der Waals surface area (Å²) >= 11 is 0. The molecule has 0 atom stereocenters. The summed E-state index contributed by atoms with van der Waals surface area (Å²) < 4.78 is 1.93. The van der Waals surface area contributed by atoms with Crippen LogP contribution in [0.5, 0.6) is 0 Å². The number of rotatable bonds is 1. The molecule has 0 N–H and O–H groups in total. The zero-order valence-corrected chi connectivity index (χ0v) is 6.74. The van der Waals surface area contributed by atoms with E-state index in [2.05, 4.69) is 0 Å². The molecule has 0 amide bonds. The first kappa shape index (κ1) is 7.10. The molecule has 1 aromatic carbocycles. The predicted octanol–water partition coefficient (Wildman–Crippen LogP) is 1.64. The number of para-hydroxylation sites is 1. The Kier molecular flexibility index (Phi) is 1.47. The maximum atomic E-state index is 10.5. The lowest BCUT2D eigenvalue weighted by Gasteiger charge is -1.92. The molecule has 12 heavy (non-hydrogen) atoms. The van der Waals surface area contributed by atoms with Gasteiger partial charge < -0.3 is 4.57 Å². The van der Waals surface area contributed by atoms with Crippen molar-refractivity contribution in [3.05, 3.63) is 36.0 Å². The minimum absolute atomic E-state index is 0.633. The maximum absolute atomic E-state index is 10.5. The van der Waals surface area contributed by atoms with Crippen LogP contribution in [-0.2, 0) is 11.8 Å². The Morgan fingerprint density at radius 3 is 2.83 bits per heavy atom. The summed E-state index contributed by atoms with van der Waals surface area (Å²) in [5, 5.41) is 0.968. The van der Waals surface area contributed by atoms with Gasteiger partial charge in [-0.3, -0.25) is 4.79 Å². The second-order valence-corrected chi connectivity index (χ2v) is 2.77. The Morgan fingerprint density at radius 2 is 2.08 bits per heavy atom. The van der Waals surface area contributed by atoms with Crippen molar-refractivity contribution in [2.75, 3.05) is 0 Å². The molecule has 0 aliphatic rings. The van der Waals surface area contributed by atoms with Crippen molar-refractivity contribution < 1.29 is 4.79 Å². The van der Waals surface area contributed by atoms with Crippen molar-refractivity contribution in [1.82, 2.24) is 4.57 Å². The lowest BCUT2D eigenvalue weighted by Crippen LogP contribution is -1.81. The van der Waals surface area contributed by atoms with Crippen LogP contribution in [-0.4, -0.2) is 10.9 Å². The van der Waals surface area contributed by atoms with E-state index in [-0.39, 0.29) is 0 Å². The Morgan fingerprint density at radius 1 is 1.33 bits per heavy atom. The number of hydrogen-bond acceptors (Lipinski definition) is 1. The molecule has 59 valence electrons. The SMILES string of the molecule is Cn1cc([C]=O)c2ccccc21. The van der Waals surface area contributed by atoms with Crippen LogP contribution in [0.3, 0.4) is 0 Å². The van der Waals surface area contributed by atoms with E-state index in [0.29, 0.717) is 5.56 Å². The number of aryl methyl sites for hydroxylation is 1. The van der Waals surface area contributed by atoms with Gasteiger partial charge >= 0.3 is 0 Å². The predicted molar refractivity (Wildman–Crippen MR) is 47.7 cm³/mol. The van der Waals surface area contributed by atoms with Gasteiger partial charge in [-0.2, -0.15) is 0 Å². The van der Waals surface area contributed by atoms with Crippen LogP contribution in [0.2, 0.25) is 0 Å². The summed E-state index contributed by atoms with van der Waals surface area (Å²) in [5.41, 5.74) is 1.70. The van der Waals surface area contributed by atoms with Gasteiger partial charge in [0, 0.05) is 24.1 Å². The van der Waals surface area contributed by atoms with Crippen molar-refractivity contribution in [1.29, 1.82) is 0 Å². The fourth-order valence-electron chi connectivity index (χ4n) is 1.42. The third-order valence-corrected chi connectivity index (χ3v) is 2.01. The normalized spacial score (nSPS) is 10.4. The lowest BCUT2D eigenvalue weighted by molar-refractivity contribution is 0.563. The largest absolute Gasteiger partial charge is 0.350 e. The molecule has 0 aliphatic carbocycles. The molecule has 0 unspecified atom stereocenters. The van der Waals surface area contributed by atoms with E-state index in [4.69, 9.17) is 0 Å². The molecule has 1 radical (unpaired) electrons. The van der Waals surface area contributed by atoms with Crippen LogP contribution in [0.4, 0.5) is 0 Å². The average Bonchev–Trinajstić information content (AvgIpc) is 2.44. The Bertz CT molecular complexity index is 428. The van der Waals surface area contributed by atoms with Gasteiger partial charge in [-0.05, 0) is 6.07 Å². The second-order valence-electron chi connectivity index (χ2n) is 2.77. The first-order valence-corrected chi connectivity index (χ1v) is 3.75. The third kappa shape index (κ3) is 0.848. The van der Waals surface area contributed by atoms with E-state index in [0.717, 1.165) is 10.9 Å². The molecule has 1 aromatic heterocycles. The number of hydrogen-bond donors (Lipinski definition) is 0. The number of nitrogens with zero attached hydrogens (tertiary/aromatic N) is 1. The summed E-state index contributed by atoms with van der Waals surface area (Å²) in [6, 6.07) is 7.78. The van der Waals surface area contributed by atoms with Gasteiger partial charge in [0.2, 0.25) is 6.29 Å². The first-order chi connectivity index (χ1) is 5.83. The number of fused-ring (bicyclic) bond motifs is 1. The van der Waals surface area contributed by atoms with Crippen molar-refractivity contribution >= 4 is 17.2 Å². The van der Waals surface area contributed by atoms with E-state index in [1.165, 1.54) is 0 Å². The van der Waals surface area contributed by atoms with Gasteiger partial charge in [0.15, 0.2) is 0 Å². The fourth-order valence-corrected chi connectivity index (χ4v) is 1.42. The molecule has 1 heterocycles. The molecule has 0 saturated carbocycles. The van der Waals surface area contributed by atoms with Gasteiger partial charge in [0.25, 0.3) is 0 Å². The van der Waals surface area contributed by atoms with Crippen LogP contribution in [0.1, 0.15) is 5.56 Å². The van der Waals surface area contributed by atoms with E-state index in [1.54, 1.807) is 6.20 Å². The molecule has 0 aliphatic heterocycles. The van der Waals surface area contributed by atoms with Crippen LogP contribution in [0, 0.1) is 0 Å². The van der Waals surface area contributed by atoms with Gasteiger partial charge in [-0.25, -0.2) is 0 Å². The maximum Gasteiger partial charge on any atom is 0.235 e.